The molecule has 110 valence electrons. The molecule has 1 aliphatic rings. The van der Waals surface area contributed by atoms with Gasteiger partial charge in [-0.05, 0) is 24.1 Å². The number of amides is 1. The van der Waals surface area contributed by atoms with E-state index in [1.807, 2.05) is 24.3 Å². The summed E-state index contributed by atoms with van der Waals surface area (Å²) in [4.78, 5) is 14.1. The predicted molar refractivity (Wildman–Crippen MR) is 83.2 cm³/mol. The van der Waals surface area contributed by atoms with Gasteiger partial charge in [0.25, 0.3) is 5.91 Å². The SMILES string of the molecule is CN(Cc1nnc2n1CCC2)C(=O)c1ccc(CBr)cc1. The third kappa shape index (κ3) is 2.85. The third-order valence-electron chi connectivity index (χ3n) is 3.77. The summed E-state index contributed by atoms with van der Waals surface area (Å²) in [6.45, 7) is 1.45. The van der Waals surface area contributed by atoms with Crippen molar-refractivity contribution in [1.29, 1.82) is 0 Å². The Morgan fingerprint density at radius 1 is 1.33 bits per heavy atom. The van der Waals surface area contributed by atoms with Crippen LogP contribution < -0.4 is 0 Å². The van der Waals surface area contributed by atoms with Crippen molar-refractivity contribution >= 4 is 21.8 Å². The third-order valence-corrected chi connectivity index (χ3v) is 4.41. The lowest BCUT2D eigenvalue weighted by Crippen LogP contribution is -2.27. The van der Waals surface area contributed by atoms with Crippen molar-refractivity contribution in [1.82, 2.24) is 19.7 Å². The Balaban J connectivity index is 1.71. The van der Waals surface area contributed by atoms with E-state index < -0.39 is 0 Å². The minimum atomic E-state index is 0.00599. The van der Waals surface area contributed by atoms with Crippen LogP contribution in [0.3, 0.4) is 0 Å². The van der Waals surface area contributed by atoms with E-state index in [4.69, 9.17) is 0 Å². The standard InChI is InChI=1S/C15H17BrN4O/c1-19(10-14-18-17-13-3-2-8-20(13)14)15(21)12-6-4-11(9-16)5-7-12/h4-7H,2-3,8-10H2,1H3. The Hall–Kier alpha value is -1.69. The van der Waals surface area contributed by atoms with E-state index in [1.54, 1.807) is 11.9 Å². The molecule has 0 spiro atoms. The molecule has 21 heavy (non-hydrogen) atoms. The monoisotopic (exact) mass is 348 g/mol. The van der Waals surface area contributed by atoms with Gasteiger partial charge in [-0.2, -0.15) is 0 Å². The number of fused-ring (bicyclic) bond motifs is 1. The maximum absolute atomic E-state index is 12.4. The number of aryl methyl sites for hydroxylation is 1. The highest BCUT2D eigenvalue weighted by molar-refractivity contribution is 9.08. The van der Waals surface area contributed by atoms with Gasteiger partial charge in [0.15, 0.2) is 5.82 Å². The van der Waals surface area contributed by atoms with Crippen LogP contribution in [-0.2, 0) is 24.8 Å². The van der Waals surface area contributed by atoms with Gasteiger partial charge in [0.05, 0.1) is 6.54 Å². The van der Waals surface area contributed by atoms with E-state index in [0.29, 0.717) is 12.1 Å². The van der Waals surface area contributed by atoms with Crippen molar-refractivity contribution in [2.24, 2.45) is 0 Å². The average Bonchev–Trinajstić information content (AvgIpc) is 3.11. The van der Waals surface area contributed by atoms with E-state index >= 15 is 0 Å². The van der Waals surface area contributed by atoms with Gasteiger partial charge >= 0.3 is 0 Å². The zero-order valence-corrected chi connectivity index (χ0v) is 13.5. The highest BCUT2D eigenvalue weighted by Gasteiger charge is 2.20. The lowest BCUT2D eigenvalue weighted by molar-refractivity contribution is 0.0780. The Morgan fingerprint density at radius 2 is 2.10 bits per heavy atom. The molecule has 1 aromatic heterocycles. The van der Waals surface area contributed by atoms with E-state index in [0.717, 1.165) is 41.9 Å². The van der Waals surface area contributed by atoms with Crippen LogP contribution in [0.1, 0.15) is 34.0 Å². The van der Waals surface area contributed by atoms with Crippen LogP contribution >= 0.6 is 15.9 Å². The smallest absolute Gasteiger partial charge is 0.254 e. The number of alkyl halides is 1. The van der Waals surface area contributed by atoms with Crippen LogP contribution in [0.5, 0.6) is 0 Å². The fraction of sp³-hybridized carbons (Fsp3) is 0.400. The number of aromatic nitrogens is 3. The van der Waals surface area contributed by atoms with Crippen molar-refractivity contribution in [2.45, 2.75) is 31.3 Å². The molecule has 2 aromatic rings. The van der Waals surface area contributed by atoms with E-state index in [9.17, 15) is 4.79 Å². The molecular weight excluding hydrogens is 332 g/mol. The Labute approximate surface area is 132 Å². The van der Waals surface area contributed by atoms with Gasteiger partial charge in [0, 0.05) is 30.9 Å². The zero-order valence-electron chi connectivity index (χ0n) is 11.9. The van der Waals surface area contributed by atoms with Gasteiger partial charge in [-0.3, -0.25) is 4.79 Å². The second-order valence-electron chi connectivity index (χ2n) is 5.28. The minimum absolute atomic E-state index is 0.00599. The molecule has 0 fully saturated rings. The van der Waals surface area contributed by atoms with E-state index in [1.165, 1.54) is 0 Å². The first-order valence-corrected chi connectivity index (χ1v) is 8.12. The topological polar surface area (TPSA) is 51.0 Å². The first kappa shape index (κ1) is 14.3. The van der Waals surface area contributed by atoms with Crippen molar-refractivity contribution in [3.05, 3.63) is 47.0 Å². The molecule has 5 nitrogen and oxygen atoms in total. The van der Waals surface area contributed by atoms with Gasteiger partial charge in [-0.15, -0.1) is 10.2 Å². The van der Waals surface area contributed by atoms with Crippen LogP contribution in [-0.4, -0.2) is 32.6 Å². The molecule has 0 atom stereocenters. The average molecular weight is 349 g/mol. The van der Waals surface area contributed by atoms with Crippen molar-refractivity contribution in [3.8, 4) is 0 Å². The van der Waals surface area contributed by atoms with Gasteiger partial charge in [-0.1, -0.05) is 28.1 Å². The molecule has 2 heterocycles. The van der Waals surface area contributed by atoms with Gasteiger partial charge in [0.1, 0.15) is 5.82 Å². The Bertz CT molecular complexity index is 650. The number of halogens is 1. The first-order chi connectivity index (χ1) is 10.2. The molecule has 0 aliphatic carbocycles. The summed E-state index contributed by atoms with van der Waals surface area (Å²) in [6, 6.07) is 7.66. The molecule has 0 N–H and O–H groups in total. The van der Waals surface area contributed by atoms with Crippen LogP contribution in [0.15, 0.2) is 24.3 Å². The second kappa shape index (κ2) is 5.97. The number of hydrogen-bond acceptors (Lipinski definition) is 3. The minimum Gasteiger partial charge on any atom is -0.334 e. The summed E-state index contributed by atoms with van der Waals surface area (Å²) < 4.78 is 2.12. The summed E-state index contributed by atoms with van der Waals surface area (Å²) in [5.74, 6) is 1.91. The van der Waals surface area contributed by atoms with Gasteiger partial charge < -0.3 is 9.47 Å². The maximum Gasteiger partial charge on any atom is 0.254 e. The van der Waals surface area contributed by atoms with Crippen LogP contribution in [0.2, 0.25) is 0 Å². The summed E-state index contributed by atoms with van der Waals surface area (Å²) >= 11 is 3.40. The highest BCUT2D eigenvalue weighted by atomic mass is 79.9. The zero-order chi connectivity index (χ0) is 14.8. The fourth-order valence-corrected chi connectivity index (χ4v) is 2.94. The lowest BCUT2D eigenvalue weighted by Gasteiger charge is -2.17. The quantitative estimate of drug-likeness (QED) is 0.797. The summed E-state index contributed by atoms with van der Waals surface area (Å²) in [5.41, 5.74) is 1.85. The number of benzene rings is 1. The molecule has 0 radical (unpaired) electrons. The lowest BCUT2D eigenvalue weighted by atomic mass is 10.1. The molecule has 1 amide bonds. The number of carbonyl (C=O) groups excluding carboxylic acids is 1. The van der Waals surface area contributed by atoms with Crippen LogP contribution in [0.25, 0.3) is 0 Å². The fourth-order valence-electron chi connectivity index (χ4n) is 2.57. The van der Waals surface area contributed by atoms with Crippen molar-refractivity contribution < 1.29 is 4.79 Å². The molecule has 0 saturated carbocycles. The number of rotatable bonds is 4. The van der Waals surface area contributed by atoms with E-state index in [-0.39, 0.29) is 5.91 Å². The summed E-state index contributed by atoms with van der Waals surface area (Å²) in [6.07, 6.45) is 2.10. The summed E-state index contributed by atoms with van der Waals surface area (Å²) in [5, 5.41) is 9.16. The van der Waals surface area contributed by atoms with Crippen molar-refractivity contribution in [3.63, 3.8) is 0 Å². The molecule has 0 saturated heterocycles. The van der Waals surface area contributed by atoms with Gasteiger partial charge in [-0.25, -0.2) is 0 Å². The number of hydrogen-bond donors (Lipinski definition) is 0. The van der Waals surface area contributed by atoms with E-state index in [2.05, 4.69) is 30.7 Å². The molecule has 0 unspecified atom stereocenters. The molecule has 6 heteroatoms. The molecule has 3 rings (SSSR count). The molecular formula is C15H17BrN4O. The number of carbonyl (C=O) groups is 1. The largest absolute Gasteiger partial charge is 0.334 e. The second-order valence-corrected chi connectivity index (χ2v) is 5.84. The number of nitrogens with zero attached hydrogens (tertiary/aromatic N) is 4. The van der Waals surface area contributed by atoms with Crippen molar-refractivity contribution in [2.75, 3.05) is 7.05 Å². The van der Waals surface area contributed by atoms with Crippen LogP contribution in [0, 0.1) is 0 Å². The predicted octanol–water partition coefficient (Wildman–Crippen LogP) is 2.39. The maximum atomic E-state index is 12.4. The molecule has 0 bridgehead atoms. The van der Waals surface area contributed by atoms with Gasteiger partial charge in [0.2, 0.25) is 0 Å². The first-order valence-electron chi connectivity index (χ1n) is 7.00. The highest BCUT2D eigenvalue weighted by Crippen LogP contribution is 2.16. The Morgan fingerprint density at radius 3 is 2.81 bits per heavy atom. The summed E-state index contributed by atoms with van der Waals surface area (Å²) in [7, 11) is 1.80. The normalized spacial score (nSPS) is 13.2. The Kier molecular flexibility index (Phi) is 4.05. The molecule has 1 aromatic carbocycles. The van der Waals surface area contributed by atoms with Crippen LogP contribution in [0.4, 0.5) is 0 Å². The molecule has 1 aliphatic heterocycles.